The third-order valence-electron chi connectivity index (χ3n) is 3.85. The zero-order valence-corrected chi connectivity index (χ0v) is 13.6. The van der Waals surface area contributed by atoms with Crippen molar-refractivity contribution in [1.29, 1.82) is 0 Å². The lowest BCUT2D eigenvalue weighted by Crippen LogP contribution is -2.50. The SMILES string of the molecule is CCCC(C)N(C)CCCC(C)(NCC)C(=O)OC. The van der Waals surface area contributed by atoms with Crippen LogP contribution in [0.5, 0.6) is 0 Å². The summed E-state index contributed by atoms with van der Waals surface area (Å²) in [7, 11) is 3.61. The second kappa shape index (κ2) is 9.32. The van der Waals surface area contributed by atoms with Crippen LogP contribution in [0.4, 0.5) is 0 Å². The molecule has 0 saturated carbocycles. The largest absolute Gasteiger partial charge is 0.468 e. The van der Waals surface area contributed by atoms with E-state index in [0.29, 0.717) is 6.04 Å². The topological polar surface area (TPSA) is 41.6 Å². The Morgan fingerprint density at radius 2 is 2.05 bits per heavy atom. The zero-order chi connectivity index (χ0) is 14.9. The van der Waals surface area contributed by atoms with Crippen LogP contribution >= 0.6 is 0 Å². The molecule has 19 heavy (non-hydrogen) atoms. The van der Waals surface area contributed by atoms with Gasteiger partial charge in [-0.1, -0.05) is 20.3 Å². The van der Waals surface area contributed by atoms with Gasteiger partial charge in [-0.05, 0) is 53.2 Å². The maximum atomic E-state index is 11.8. The minimum absolute atomic E-state index is 0.168. The molecule has 0 spiro atoms. The van der Waals surface area contributed by atoms with Crippen molar-refractivity contribution in [2.45, 2.75) is 65.0 Å². The Morgan fingerprint density at radius 1 is 1.42 bits per heavy atom. The summed E-state index contributed by atoms with van der Waals surface area (Å²) in [5.41, 5.74) is -0.557. The molecule has 0 aromatic rings. The van der Waals surface area contributed by atoms with Crippen LogP contribution in [0.15, 0.2) is 0 Å². The first-order valence-electron chi connectivity index (χ1n) is 7.45. The summed E-state index contributed by atoms with van der Waals surface area (Å²) in [4.78, 5) is 14.2. The van der Waals surface area contributed by atoms with Crippen LogP contribution in [0.1, 0.15) is 53.4 Å². The van der Waals surface area contributed by atoms with Crippen molar-refractivity contribution in [1.82, 2.24) is 10.2 Å². The molecule has 0 aromatic carbocycles. The van der Waals surface area contributed by atoms with E-state index in [2.05, 4.69) is 31.1 Å². The van der Waals surface area contributed by atoms with Crippen LogP contribution in [-0.2, 0) is 9.53 Å². The number of carbonyl (C=O) groups is 1. The van der Waals surface area contributed by atoms with Crippen LogP contribution in [0.3, 0.4) is 0 Å². The molecule has 0 amide bonds. The van der Waals surface area contributed by atoms with E-state index < -0.39 is 5.54 Å². The smallest absolute Gasteiger partial charge is 0.325 e. The number of carbonyl (C=O) groups excluding carboxylic acids is 1. The molecule has 0 rings (SSSR count). The first-order valence-corrected chi connectivity index (χ1v) is 7.45. The summed E-state index contributed by atoms with van der Waals surface area (Å²) in [6, 6.07) is 0.605. The van der Waals surface area contributed by atoms with E-state index in [0.717, 1.165) is 25.9 Å². The van der Waals surface area contributed by atoms with Crippen molar-refractivity contribution in [3.8, 4) is 0 Å². The normalized spacial score (nSPS) is 16.2. The monoisotopic (exact) mass is 272 g/mol. The van der Waals surface area contributed by atoms with Crippen LogP contribution in [0, 0.1) is 0 Å². The number of nitrogens with zero attached hydrogens (tertiary/aromatic N) is 1. The summed E-state index contributed by atoms with van der Waals surface area (Å²) in [5.74, 6) is -0.168. The molecule has 1 N–H and O–H groups in total. The number of hydrogen-bond donors (Lipinski definition) is 1. The Kier molecular flexibility index (Phi) is 9.02. The lowest BCUT2D eigenvalue weighted by Gasteiger charge is -2.29. The van der Waals surface area contributed by atoms with Gasteiger partial charge in [0.25, 0.3) is 0 Å². The highest BCUT2D eigenvalue weighted by Crippen LogP contribution is 2.15. The third-order valence-corrected chi connectivity index (χ3v) is 3.85. The average molecular weight is 272 g/mol. The molecule has 0 fully saturated rings. The van der Waals surface area contributed by atoms with E-state index >= 15 is 0 Å². The molecule has 0 heterocycles. The molecule has 0 aromatic heterocycles. The fraction of sp³-hybridized carbons (Fsp3) is 0.933. The quantitative estimate of drug-likeness (QED) is 0.620. The molecule has 0 saturated heterocycles. The van der Waals surface area contributed by atoms with Gasteiger partial charge in [-0.3, -0.25) is 4.79 Å². The number of hydrogen-bond acceptors (Lipinski definition) is 4. The Morgan fingerprint density at radius 3 is 2.53 bits per heavy atom. The lowest BCUT2D eigenvalue weighted by atomic mass is 9.95. The number of methoxy groups -OCH3 is 1. The molecule has 4 heteroatoms. The van der Waals surface area contributed by atoms with Crippen LogP contribution < -0.4 is 5.32 Å². The van der Waals surface area contributed by atoms with Crippen molar-refractivity contribution >= 4 is 5.97 Å². The molecular weight excluding hydrogens is 240 g/mol. The fourth-order valence-electron chi connectivity index (χ4n) is 2.42. The maximum Gasteiger partial charge on any atom is 0.325 e. The second-order valence-corrected chi connectivity index (χ2v) is 5.58. The van der Waals surface area contributed by atoms with Gasteiger partial charge in [-0.2, -0.15) is 0 Å². The van der Waals surface area contributed by atoms with E-state index in [4.69, 9.17) is 4.74 Å². The summed E-state index contributed by atoms with van der Waals surface area (Å²) >= 11 is 0. The van der Waals surface area contributed by atoms with E-state index in [1.165, 1.54) is 20.0 Å². The van der Waals surface area contributed by atoms with E-state index in [-0.39, 0.29) is 5.97 Å². The van der Waals surface area contributed by atoms with Gasteiger partial charge in [-0.15, -0.1) is 0 Å². The summed E-state index contributed by atoms with van der Waals surface area (Å²) < 4.78 is 4.90. The number of esters is 1. The minimum Gasteiger partial charge on any atom is -0.468 e. The molecular formula is C15H32N2O2. The summed E-state index contributed by atoms with van der Waals surface area (Å²) in [5, 5.41) is 3.24. The van der Waals surface area contributed by atoms with Crippen LogP contribution in [0.25, 0.3) is 0 Å². The van der Waals surface area contributed by atoms with Gasteiger partial charge >= 0.3 is 5.97 Å². The van der Waals surface area contributed by atoms with E-state index in [9.17, 15) is 4.79 Å². The average Bonchev–Trinajstić information content (AvgIpc) is 2.38. The Labute approximate surface area is 118 Å². The zero-order valence-electron chi connectivity index (χ0n) is 13.6. The molecule has 114 valence electrons. The van der Waals surface area contributed by atoms with Gasteiger partial charge in [0, 0.05) is 6.04 Å². The first kappa shape index (κ1) is 18.4. The van der Waals surface area contributed by atoms with Crippen molar-refractivity contribution in [3.63, 3.8) is 0 Å². The van der Waals surface area contributed by atoms with Gasteiger partial charge in [0.1, 0.15) is 5.54 Å². The van der Waals surface area contributed by atoms with Gasteiger partial charge in [-0.25, -0.2) is 0 Å². The molecule has 0 radical (unpaired) electrons. The molecule has 0 bridgehead atoms. The third kappa shape index (κ3) is 6.39. The number of likely N-dealkylation sites (N-methyl/N-ethyl adjacent to an activating group) is 1. The first-order chi connectivity index (χ1) is 8.91. The summed E-state index contributed by atoms with van der Waals surface area (Å²) in [6.07, 6.45) is 4.22. The predicted molar refractivity (Wildman–Crippen MR) is 80.3 cm³/mol. The fourth-order valence-corrected chi connectivity index (χ4v) is 2.42. The van der Waals surface area contributed by atoms with Gasteiger partial charge < -0.3 is 15.0 Å². The van der Waals surface area contributed by atoms with Crippen molar-refractivity contribution in [3.05, 3.63) is 0 Å². The highest BCUT2D eigenvalue weighted by Gasteiger charge is 2.32. The number of ether oxygens (including phenoxy) is 1. The summed E-state index contributed by atoms with van der Waals surface area (Å²) in [6.45, 7) is 10.2. The molecule has 2 unspecified atom stereocenters. The molecule has 0 aliphatic heterocycles. The standard InChI is InChI=1S/C15H32N2O2/c1-7-10-13(3)17(5)12-9-11-15(4,16-8-2)14(18)19-6/h13,16H,7-12H2,1-6H3. The van der Waals surface area contributed by atoms with Crippen molar-refractivity contribution in [2.24, 2.45) is 0 Å². The Balaban J connectivity index is 4.23. The van der Waals surface area contributed by atoms with Crippen molar-refractivity contribution < 1.29 is 9.53 Å². The number of rotatable bonds is 10. The molecule has 0 aliphatic carbocycles. The molecule has 0 aliphatic rings. The number of nitrogens with one attached hydrogen (secondary N) is 1. The highest BCUT2D eigenvalue weighted by atomic mass is 16.5. The van der Waals surface area contributed by atoms with Gasteiger partial charge in [0.05, 0.1) is 7.11 Å². The van der Waals surface area contributed by atoms with Crippen LogP contribution in [0.2, 0.25) is 0 Å². The minimum atomic E-state index is -0.557. The van der Waals surface area contributed by atoms with Gasteiger partial charge in [0.2, 0.25) is 0 Å². The molecule has 4 nitrogen and oxygen atoms in total. The van der Waals surface area contributed by atoms with Gasteiger partial charge in [0.15, 0.2) is 0 Å². The van der Waals surface area contributed by atoms with E-state index in [1.54, 1.807) is 0 Å². The van der Waals surface area contributed by atoms with E-state index in [1.807, 2.05) is 13.8 Å². The maximum absolute atomic E-state index is 11.8. The van der Waals surface area contributed by atoms with Crippen molar-refractivity contribution in [2.75, 3.05) is 27.2 Å². The Bertz CT molecular complexity index is 259. The second-order valence-electron chi connectivity index (χ2n) is 5.58. The predicted octanol–water partition coefficient (Wildman–Crippen LogP) is 2.43. The Hall–Kier alpha value is -0.610. The van der Waals surface area contributed by atoms with Crippen LogP contribution in [-0.4, -0.2) is 49.7 Å². The molecule has 2 atom stereocenters. The highest BCUT2D eigenvalue weighted by molar-refractivity contribution is 5.80. The lowest BCUT2D eigenvalue weighted by molar-refractivity contribution is -0.148.